The van der Waals surface area contributed by atoms with Gasteiger partial charge in [0.05, 0.1) is 10.3 Å². The van der Waals surface area contributed by atoms with Gasteiger partial charge in [-0.15, -0.1) is 0 Å². The molecule has 1 aliphatic rings. The van der Waals surface area contributed by atoms with Gasteiger partial charge in [0.1, 0.15) is 0 Å². The first-order valence-corrected chi connectivity index (χ1v) is 6.87. The van der Waals surface area contributed by atoms with E-state index in [1.165, 1.54) is 22.7 Å². The van der Waals surface area contributed by atoms with Crippen LogP contribution in [0.25, 0.3) is 0 Å². The summed E-state index contributed by atoms with van der Waals surface area (Å²) in [6.07, 6.45) is 1.89. The Balaban J connectivity index is 2.16. The molecule has 5 heteroatoms. The molecule has 100 valence electrons. The Bertz CT molecular complexity index is 513. The SMILES string of the molecule is CN1C(=O)C(CCO)S/C1=C\C(=O)c1ccccc1. The normalized spacial score (nSPS) is 21.2. The number of rotatable bonds is 4. The van der Waals surface area contributed by atoms with Crippen molar-refractivity contribution in [3.05, 3.63) is 47.0 Å². The smallest absolute Gasteiger partial charge is 0.240 e. The van der Waals surface area contributed by atoms with Gasteiger partial charge in [-0.1, -0.05) is 42.1 Å². The van der Waals surface area contributed by atoms with Crippen LogP contribution in [0.5, 0.6) is 0 Å². The van der Waals surface area contributed by atoms with Crippen LogP contribution < -0.4 is 0 Å². The van der Waals surface area contributed by atoms with E-state index < -0.39 is 0 Å². The third-order valence-corrected chi connectivity index (χ3v) is 4.26. The largest absolute Gasteiger partial charge is 0.396 e. The molecule has 1 aromatic rings. The van der Waals surface area contributed by atoms with Gasteiger partial charge < -0.3 is 10.0 Å². The molecule has 0 bridgehead atoms. The lowest BCUT2D eigenvalue weighted by Crippen LogP contribution is -2.25. The molecule has 1 aliphatic heterocycles. The molecule has 0 radical (unpaired) electrons. The Hall–Kier alpha value is -1.59. The number of allylic oxidation sites excluding steroid dienone is 1. The first kappa shape index (κ1) is 13.8. The van der Waals surface area contributed by atoms with Gasteiger partial charge in [-0.2, -0.15) is 0 Å². The molecule has 1 heterocycles. The molecular weight excluding hydrogens is 262 g/mol. The van der Waals surface area contributed by atoms with Gasteiger partial charge in [0.2, 0.25) is 5.91 Å². The molecule has 19 heavy (non-hydrogen) atoms. The van der Waals surface area contributed by atoms with E-state index in [0.717, 1.165) is 0 Å². The van der Waals surface area contributed by atoms with Gasteiger partial charge >= 0.3 is 0 Å². The number of carbonyl (C=O) groups is 2. The lowest BCUT2D eigenvalue weighted by molar-refractivity contribution is -0.126. The summed E-state index contributed by atoms with van der Waals surface area (Å²) in [6.45, 7) is -0.0306. The number of aliphatic hydroxyl groups is 1. The van der Waals surface area contributed by atoms with Crippen LogP contribution in [-0.4, -0.2) is 40.6 Å². The van der Waals surface area contributed by atoms with E-state index >= 15 is 0 Å². The van der Waals surface area contributed by atoms with Crippen molar-refractivity contribution in [2.75, 3.05) is 13.7 Å². The number of hydrogen-bond donors (Lipinski definition) is 1. The monoisotopic (exact) mass is 277 g/mol. The molecule has 1 fully saturated rings. The highest BCUT2D eigenvalue weighted by Gasteiger charge is 2.33. The molecule has 2 rings (SSSR count). The third-order valence-electron chi connectivity index (χ3n) is 2.90. The van der Waals surface area contributed by atoms with Crippen LogP contribution in [0.3, 0.4) is 0 Å². The van der Waals surface area contributed by atoms with Crippen LogP contribution in [0.2, 0.25) is 0 Å². The number of benzene rings is 1. The average molecular weight is 277 g/mol. The first-order valence-electron chi connectivity index (χ1n) is 5.99. The molecule has 0 aromatic heterocycles. The van der Waals surface area contributed by atoms with Crippen LogP contribution in [0.15, 0.2) is 41.4 Å². The molecule has 1 atom stereocenters. The minimum atomic E-state index is -0.287. The average Bonchev–Trinajstić information content (AvgIpc) is 2.69. The maximum atomic E-state index is 12.0. The van der Waals surface area contributed by atoms with Crippen LogP contribution >= 0.6 is 11.8 Å². The van der Waals surface area contributed by atoms with Crippen molar-refractivity contribution in [1.82, 2.24) is 4.90 Å². The maximum absolute atomic E-state index is 12.0. The Morgan fingerprint density at radius 1 is 1.42 bits per heavy atom. The summed E-state index contributed by atoms with van der Waals surface area (Å²) in [7, 11) is 1.65. The van der Waals surface area contributed by atoms with Gasteiger partial charge in [0.15, 0.2) is 5.78 Å². The maximum Gasteiger partial charge on any atom is 0.240 e. The van der Waals surface area contributed by atoms with Crippen molar-refractivity contribution in [2.24, 2.45) is 0 Å². The lowest BCUT2D eigenvalue weighted by Gasteiger charge is -2.09. The first-order chi connectivity index (χ1) is 9.13. The second-order valence-corrected chi connectivity index (χ2v) is 5.45. The number of thioether (sulfide) groups is 1. The van der Waals surface area contributed by atoms with E-state index in [9.17, 15) is 9.59 Å². The topological polar surface area (TPSA) is 57.6 Å². The molecule has 4 nitrogen and oxygen atoms in total. The predicted octanol–water partition coefficient (Wildman–Crippen LogP) is 1.67. The minimum Gasteiger partial charge on any atom is -0.396 e. The number of ketones is 1. The standard InChI is InChI=1S/C14H15NO3S/c1-15-13(19-12(7-8-16)14(15)18)9-11(17)10-5-3-2-4-6-10/h2-6,9,12,16H,7-8H2,1H3/b13-9-. The summed E-state index contributed by atoms with van der Waals surface area (Å²) in [5, 5.41) is 9.26. The minimum absolute atomic E-state index is 0.0306. The fraction of sp³-hybridized carbons (Fsp3) is 0.286. The second kappa shape index (κ2) is 6.04. The van der Waals surface area contributed by atoms with E-state index in [4.69, 9.17) is 5.11 Å². The molecule has 1 amide bonds. The highest BCUT2D eigenvalue weighted by Crippen LogP contribution is 2.35. The third kappa shape index (κ3) is 3.05. The quantitative estimate of drug-likeness (QED) is 0.672. The fourth-order valence-electron chi connectivity index (χ4n) is 1.83. The van der Waals surface area contributed by atoms with Crippen molar-refractivity contribution >= 4 is 23.5 Å². The number of hydrogen-bond acceptors (Lipinski definition) is 4. The van der Waals surface area contributed by atoms with Gasteiger partial charge in [-0.05, 0) is 6.42 Å². The van der Waals surface area contributed by atoms with Crippen LogP contribution in [-0.2, 0) is 4.79 Å². The van der Waals surface area contributed by atoms with Crippen molar-refractivity contribution in [3.63, 3.8) is 0 Å². The van der Waals surface area contributed by atoms with Gasteiger partial charge in [-0.3, -0.25) is 9.59 Å². The van der Waals surface area contributed by atoms with Crippen molar-refractivity contribution in [1.29, 1.82) is 0 Å². The molecule has 1 unspecified atom stereocenters. The summed E-state index contributed by atoms with van der Waals surface area (Å²) < 4.78 is 0. The number of nitrogens with zero attached hydrogens (tertiary/aromatic N) is 1. The molecule has 0 saturated carbocycles. The van der Waals surface area contributed by atoms with Gasteiger partial charge in [0, 0.05) is 25.3 Å². The van der Waals surface area contributed by atoms with E-state index in [1.54, 1.807) is 31.3 Å². The number of carbonyl (C=O) groups excluding carboxylic acids is 2. The zero-order chi connectivity index (χ0) is 13.8. The molecule has 0 spiro atoms. The summed E-state index contributed by atoms with van der Waals surface area (Å²) in [5.74, 6) is -0.182. The van der Waals surface area contributed by atoms with Gasteiger partial charge in [0.25, 0.3) is 0 Å². The Kier molecular flexibility index (Phi) is 4.39. The molecule has 0 aliphatic carbocycles. The predicted molar refractivity (Wildman–Crippen MR) is 74.7 cm³/mol. The highest BCUT2D eigenvalue weighted by molar-refractivity contribution is 8.04. The van der Waals surface area contributed by atoms with E-state index in [-0.39, 0.29) is 23.5 Å². The molecule has 1 aromatic carbocycles. The zero-order valence-corrected chi connectivity index (χ0v) is 11.4. The van der Waals surface area contributed by atoms with E-state index in [2.05, 4.69) is 0 Å². The Labute approximate surface area is 116 Å². The Morgan fingerprint density at radius 3 is 2.74 bits per heavy atom. The summed E-state index contributed by atoms with van der Waals surface area (Å²) >= 11 is 1.33. The number of aliphatic hydroxyl groups excluding tert-OH is 1. The highest BCUT2D eigenvalue weighted by atomic mass is 32.2. The fourth-order valence-corrected chi connectivity index (χ4v) is 3.03. The molecular formula is C14H15NO3S. The van der Waals surface area contributed by atoms with Crippen LogP contribution in [0.1, 0.15) is 16.8 Å². The summed E-state index contributed by atoms with van der Waals surface area (Å²) in [6, 6.07) is 8.94. The summed E-state index contributed by atoms with van der Waals surface area (Å²) in [4.78, 5) is 25.4. The van der Waals surface area contributed by atoms with Gasteiger partial charge in [-0.25, -0.2) is 0 Å². The van der Waals surface area contributed by atoms with Crippen molar-refractivity contribution in [2.45, 2.75) is 11.7 Å². The Morgan fingerprint density at radius 2 is 2.11 bits per heavy atom. The van der Waals surface area contributed by atoms with Crippen LogP contribution in [0, 0.1) is 0 Å². The van der Waals surface area contributed by atoms with E-state index in [0.29, 0.717) is 17.0 Å². The van der Waals surface area contributed by atoms with Crippen molar-refractivity contribution in [3.8, 4) is 0 Å². The molecule has 1 N–H and O–H groups in total. The van der Waals surface area contributed by atoms with Crippen LogP contribution in [0.4, 0.5) is 0 Å². The zero-order valence-electron chi connectivity index (χ0n) is 10.6. The number of amides is 1. The lowest BCUT2D eigenvalue weighted by atomic mass is 10.1. The van der Waals surface area contributed by atoms with Crippen molar-refractivity contribution < 1.29 is 14.7 Å². The summed E-state index contributed by atoms with van der Waals surface area (Å²) in [5.41, 5.74) is 0.599. The second-order valence-electron chi connectivity index (χ2n) is 4.23. The molecule has 1 saturated heterocycles. The van der Waals surface area contributed by atoms with E-state index in [1.807, 2.05) is 6.07 Å².